The quantitative estimate of drug-likeness (QED) is 0.692. The number of para-hydroxylation sites is 1. The fourth-order valence-electron chi connectivity index (χ4n) is 2.27. The Balaban J connectivity index is 1.90. The molecule has 2 aromatic carbocycles. The number of amides is 1. The van der Waals surface area contributed by atoms with Crippen LogP contribution >= 0.6 is 11.6 Å². The lowest BCUT2D eigenvalue weighted by molar-refractivity contribution is -0.133. The number of anilines is 1. The van der Waals surface area contributed by atoms with E-state index in [0.717, 1.165) is 5.56 Å². The van der Waals surface area contributed by atoms with Crippen molar-refractivity contribution in [3.05, 3.63) is 64.7 Å². The van der Waals surface area contributed by atoms with Gasteiger partial charge < -0.3 is 20.1 Å². The summed E-state index contributed by atoms with van der Waals surface area (Å²) in [6, 6.07) is 14.0. The average Bonchev–Trinajstić information content (AvgIpc) is 2.66. The van der Waals surface area contributed by atoms with Crippen LogP contribution in [0.5, 0.6) is 0 Å². The first-order valence-corrected chi connectivity index (χ1v) is 8.48. The Bertz CT molecular complexity index is 749. The lowest BCUT2D eigenvalue weighted by Gasteiger charge is -2.17. The van der Waals surface area contributed by atoms with Gasteiger partial charge in [0.25, 0.3) is 5.91 Å². The van der Waals surface area contributed by atoms with Gasteiger partial charge in [-0.15, -0.1) is 0 Å². The van der Waals surface area contributed by atoms with E-state index in [-0.39, 0.29) is 19.1 Å². The summed E-state index contributed by atoms with van der Waals surface area (Å²) in [5.41, 5.74) is 1.79. The lowest BCUT2D eigenvalue weighted by atomic mass is 10.2. The average molecular weight is 377 g/mol. The van der Waals surface area contributed by atoms with Crippen molar-refractivity contribution in [2.75, 3.05) is 32.1 Å². The number of nitrogens with zero attached hydrogens (tertiary/aromatic N) is 1. The van der Waals surface area contributed by atoms with Gasteiger partial charge in [0.1, 0.15) is 0 Å². The van der Waals surface area contributed by atoms with Gasteiger partial charge in [0.2, 0.25) is 0 Å². The van der Waals surface area contributed by atoms with E-state index >= 15 is 0 Å². The number of esters is 1. The van der Waals surface area contributed by atoms with Crippen LogP contribution in [-0.4, -0.2) is 48.7 Å². The standard InChI is InChI=1S/C19H21ClN2O4/c1-22(12-14-6-8-15(20)9-7-14)18(24)13-26-19(25)16-4-2-3-5-17(16)21-10-11-23/h2-9,21,23H,10-13H2,1H3. The van der Waals surface area contributed by atoms with Crippen LogP contribution in [0, 0.1) is 0 Å². The predicted molar refractivity (Wildman–Crippen MR) is 100 cm³/mol. The van der Waals surface area contributed by atoms with Crippen LogP contribution in [0.3, 0.4) is 0 Å². The van der Waals surface area contributed by atoms with Gasteiger partial charge in [0.15, 0.2) is 6.61 Å². The molecule has 0 aromatic heterocycles. The fourth-order valence-corrected chi connectivity index (χ4v) is 2.40. The van der Waals surface area contributed by atoms with Crippen LogP contribution in [0.2, 0.25) is 5.02 Å². The molecule has 1 amide bonds. The van der Waals surface area contributed by atoms with Crippen LogP contribution in [0.4, 0.5) is 5.69 Å². The molecule has 26 heavy (non-hydrogen) atoms. The number of rotatable bonds is 8. The van der Waals surface area contributed by atoms with Gasteiger partial charge in [-0.25, -0.2) is 4.79 Å². The van der Waals surface area contributed by atoms with E-state index in [9.17, 15) is 9.59 Å². The van der Waals surface area contributed by atoms with Gasteiger partial charge >= 0.3 is 5.97 Å². The highest BCUT2D eigenvalue weighted by molar-refractivity contribution is 6.30. The number of likely N-dealkylation sites (N-methyl/N-ethyl adjacent to an activating group) is 1. The Morgan fingerprint density at radius 3 is 2.54 bits per heavy atom. The highest BCUT2D eigenvalue weighted by atomic mass is 35.5. The first-order chi connectivity index (χ1) is 12.5. The third kappa shape index (κ3) is 5.75. The molecular formula is C19H21ClN2O4. The maximum Gasteiger partial charge on any atom is 0.340 e. The molecule has 0 atom stereocenters. The van der Waals surface area contributed by atoms with Crippen molar-refractivity contribution in [3.8, 4) is 0 Å². The minimum Gasteiger partial charge on any atom is -0.452 e. The van der Waals surface area contributed by atoms with E-state index in [1.54, 1.807) is 43.4 Å². The second kappa shape index (κ2) is 9.79. The summed E-state index contributed by atoms with van der Waals surface area (Å²) in [4.78, 5) is 25.9. The Kier molecular flexibility index (Phi) is 7.44. The van der Waals surface area contributed by atoms with Crippen molar-refractivity contribution < 1.29 is 19.4 Å². The third-order valence-electron chi connectivity index (χ3n) is 3.66. The Hall–Kier alpha value is -2.57. The fraction of sp³-hybridized carbons (Fsp3) is 0.263. The first kappa shape index (κ1) is 19.8. The minimum atomic E-state index is -0.598. The van der Waals surface area contributed by atoms with Crippen molar-refractivity contribution in [3.63, 3.8) is 0 Å². The van der Waals surface area contributed by atoms with Crippen LogP contribution in [0.25, 0.3) is 0 Å². The van der Waals surface area contributed by atoms with Crippen LogP contribution in [0.15, 0.2) is 48.5 Å². The van der Waals surface area contributed by atoms with Gasteiger partial charge in [-0.2, -0.15) is 0 Å². The van der Waals surface area contributed by atoms with E-state index in [1.807, 2.05) is 12.1 Å². The Morgan fingerprint density at radius 1 is 1.15 bits per heavy atom. The third-order valence-corrected chi connectivity index (χ3v) is 3.91. The number of halogens is 1. The summed E-state index contributed by atoms with van der Waals surface area (Å²) < 4.78 is 5.13. The molecule has 0 saturated heterocycles. The molecule has 2 aromatic rings. The molecular weight excluding hydrogens is 356 g/mol. The molecule has 0 aliphatic carbocycles. The van der Waals surface area contributed by atoms with Crippen molar-refractivity contribution in [1.82, 2.24) is 4.90 Å². The van der Waals surface area contributed by atoms with Crippen molar-refractivity contribution in [2.24, 2.45) is 0 Å². The predicted octanol–water partition coefficient (Wildman–Crippen LogP) is 2.56. The SMILES string of the molecule is CN(Cc1ccc(Cl)cc1)C(=O)COC(=O)c1ccccc1NCCO. The number of nitrogens with one attached hydrogen (secondary N) is 1. The van der Waals surface area contributed by atoms with E-state index in [4.69, 9.17) is 21.4 Å². The van der Waals surface area contributed by atoms with Crippen molar-refractivity contribution in [1.29, 1.82) is 0 Å². The number of carbonyl (C=O) groups is 2. The van der Waals surface area contributed by atoms with Gasteiger partial charge in [0.05, 0.1) is 12.2 Å². The summed E-state index contributed by atoms with van der Waals surface area (Å²) in [5.74, 6) is -0.909. The number of aliphatic hydroxyl groups excluding tert-OH is 1. The summed E-state index contributed by atoms with van der Waals surface area (Å²) in [5, 5.41) is 12.5. The van der Waals surface area contributed by atoms with Gasteiger partial charge in [-0.1, -0.05) is 35.9 Å². The molecule has 7 heteroatoms. The highest BCUT2D eigenvalue weighted by Crippen LogP contribution is 2.16. The van der Waals surface area contributed by atoms with Gasteiger partial charge in [-0.3, -0.25) is 4.79 Å². The minimum absolute atomic E-state index is 0.0582. The second-order valence-corrected chi connectivity index (χ2v) is 6.08. The monoisotopic (exact) mass is 376 g/mol. The molecule has 6 nitrogen and oxygen atoms in total. The van der Waals surface area contributed by atoms with E-state index in [2.05, 4.69) is 5.32 Å². The molecule has 0 saturated carbocycles. The maximum absolute atomic E-state index is 12.2. The molecule has 0 spiro atoms. The maximum atomic E-state index is 12.2. The molecule has 0 radical (unpaired) electrons. The Morgan fingerprint density at radius 2 is 1.85 bits per heavy atom. The van der Waals surface area contributed by atoms with Crippen LogP contribution in [-0.2, 0) is 16.1 Å². The smallest absolute Gasteiger partial charge is 0.340 e. The Labute approximate surface area is 157 Å². The van der Waals surface area contributed by atoms with Gasteiger partial charge in [-0.05, 0) is 29.8 Å². The molecule has 138 valence electrons. The molecule has 2 rings (SSSR count). The largest absolute Gasteiger partial charge is 0.452 e. The molecule has 0 bridgehead atoms. The van der Waals surface area contributed by atoms with E-state index in [1.165, 1.54) is 4.90 Å². The van der Waals surface area contributed by atoms with E-state index in [0.29, 0.717) is 29.4 Å². The second-order valence-electron chi connectivity index (χ2n) is 5.65. The van der Waals surface area contributed by atoms with E-state index < -0.39 is 5.97 Å². The normalized spacial score (nSPS) is 10.3. The molecule has 0 aliphatic rings. The summed E-state index contributed by atoms with van der Waals surface area (Å²) in [7, 11) is 1.64. The van der Waals surface area contributed by atoms with Crippen LogP contribution < -0.4 is 5.32 Å². The number of ether oxygens (including phenoxy) is 1. The van der Waals surface area contributed by atoms with Crippen molar-refractivity contribution >= 4 is 29.2 Å². The number of aliphatic hydroxyl groups is 1. The summed E-state index contributed by atoms with van der Waals surface area (Å²) in [6.07, 6.45) is 0. The zero-order valence-electron chi connectivity index (χ0n) is 14.4. The molecule has 2 N–H and O–H groups in total. The van der Waals surface area contributed by atoms with Gasteiger partial charge in [0, 0.05) is 30.8 Å². The number of hydrogen-bond acceptors (Lipinski definition) is 5. The zero-order chi connectivity index (χ0) is 18.9. The first-order valence-electron chi connectivity index (χ1n) is 8.10. The molecule has 0 aliphatic heterocycles. The number of benzene rings is 2. The number of carbonyl (C=O) groups excluding carboxylic acids is 2. The number of hydrogen-bond donors (Lipinski definition) is 2. The molecule has 0 fully saturated rings. The highest BCUT2D eigenvalue weighted by Gasteiger charge is 2.16. The molecule has 0 heterocycles. The summed E-state index contributed by atoms with van der Waals surface area (Å²) >= 11 is 5.84. The van der Waals surface area contributed by atoms with Crippen LogP contribution in [0.1, 0.15) is 15.9 Å². The zero-order valence-corrected chi connectivity index (χ0v) is 15.2. The van der Waals surface area contributed by atoms with Crippen molar-refractivity contribution in [2.45, 2.75) is 6.54 Å². The topological polar surface area (TPSA) is 78.9 Å². The molecule has 0 unspecified atom stereocenters. The summed E-state index contributed by atoms with van der Waals surface area (Å²) in [6.45, 7) is 0.296. The lowest BCUT2D eigenvalue weighted by Crippen LogP contribution is -2.31.